The van der Waals surface area contributed by atoms with Crippen molar-refractivity contribution in [3.8, 4) is 0 Å². The second kappa shape index (κ2) is 5.66. The van der Waals surface area contributed by atoms with Crippen molar-refractivity contribution in [2.45, 2.75) is 25.9 Å². The van der Waals surface area contributed by atoms with Crippen LogP contribution in [0.25, 0.3) is 10.9 Å². The first-order valence-electron chi connectivity index (χ1n) is 7.12. The van der Waals surface area contributed by atoms with Crippen LogP contribution in [0.2, 0.25) is 0 Å². The SMILES string of the molecule is CC(C)(NCc1cccc2[nH]ccc12)c1ccc(Br)cc1. The van der Waals surface area contributed by atoms with Gasteiger partial charge in [-0.05, 0) is 49.2 Å². The molecule has 3 heteroatoms. The number of halogens is 1. The molecule has 2 N–H and O–H groups in total. The second-order valence-corrected chi connectivity index (χ2v) is 6.76. The molecule has 3 rings (SSSR count). The van der Waals surface area contributed by atoms with Crippen LogP contribution < -0.4 is 5.32 Å². The molecule has 21 heavy (non-hydrogen) atoms. The van der Waals surface area contributed by atoms with Gasteiger partial charge in [-0.3, -0.25) is 0 Å². The Hall–Kier alpha value is -1.58. The summed E-state index contributed by atoms with van der Waals surface area (Å²) >= 11 is 3.49. The van der Waals surface area contributed by atoms with E-state index in [2.05, 4.69) is 88.6 Å². The van der Waals surface area contributed by atoms with Crippen LogP contribution in [-0.4, -0.2) is 4.98 Å². The summed E-state index contributed by atoms with van der Waals surface area (Å²) in [6.45, 7) is 5.28. The fourth-order valence-corrected chi connectivity index (χ4v) is 2.85. The Morgan fingerprint density at radius 3 is 2.57 bits per heavy atom. The zero-order valence-corrected chi connectivity index (χ0v) is 13.9. The average molecular weight is 343 g/mol. The highest BCUT2D eigenvalue weighted by Crippen LogP contribution is 2.24. The van der Waals surface area contributed by atoms with Crippen molar-refractivity contribution in [1.82, 2.24) is 10.3 Å². The molecule has 108 valence electrons. The molecule has 0 spiro atoms. The Balaban J connectivity index is 1.80. The van der Waals surface area contributed by atoms with Gasteiger partial charge in [-0.15, -0.1) is 0 Å². The molecule has 0 radical (unpaired) electrons. The van der Waals surface area contributed by atoms with Gasteiger partial charge in [0.25, 0.3) is 0 Å². The first-order chi connectivity index (χ1) is 10.1. The molecule has 3 aromatic rings. The van der Waals surface area contributed by atoms with Crippen LogP contribution in [0.1, 0.15) is 25.0 Å². The number of aromatic nitrogens is 1. The average Bonchev–Trinajstić information content (AvgIpc) is 2.94. The number of rotatable bonds is 4. The van der Waals surface area contributed by atoms with Gasteiger partial charge < -0.3 is 10.3 Å². The lowest BCUT2D eigenvalue weighted by molar-refractivity contribution is 0.402. The molecule has 2 aromatic carbocycles. The fourth-order valence-electron chi connectivity index (χ4n) is 2.59. The van der Waals surface area contributed by atoms with Crippen molar-refractivity contribution in [3.05, 3.63) is 70.3 Å². The molecule has 1 aromatic heterocycles. The lowest BCUT2D eigenvalue weighted by Gasteiger charge is -2.27. The van der Waals surface area contributed by atoms with Gasteiger partial charge >= 0.3 is 0 Å². The molecular weight excluding hydrogens is 324 g/mol. The van der Waals surface area contributed by atoms with Crippen LogP contribution in [0.3, 0.4) is 0 Å². The predicted octanol–water partition coefficient (Wildman–Crippen LogP) is 4.96. The van der Waals surface area contributed by atoms with Crippen LogP contribution in [0.4, 0.5) is 0 Å². The molecule has 0 unspecified atom stereocenters. The van der Waals surface area contributed by atoms with Crippen LogP contribution in [-0.2, 0) is 12.1 Å². The zero-order chi connectivity index (χ0) is 14.9. The van der Waals surface area contributed by atoms with Crippen molar-refractivity contribution < 1.29 is 0 Å². The van der Waals surface area contributed by atoms with Crippen LogP contribution >= 0.6 is 15.9 Å². The van der Waals surface area contributed by atoms with E-state index in [1.807, 2.05) is 6.20 Å². The smallest absolute Gasteiger partial charge is 0.0457 e. The lowest BCUT2D eigenvalue weighted by Crippen LogP contribution is -2.35. The zero-order valence-electron chi connectivity index (χ0n) is 12.3. The molecular formula is C18H19BrN2. The molecule has 0 fully saturated rings. The molecule has 0 aliphatic rings. The number of hydrogen-bond donors (Lipinski definition) is 2. The number of benzene rings is 2. The third kappa shape index (κ3) is 3.04. The highest BCUT2D eigenvalue weighted by atomic mass is 79.9. The van der Waals surface area contributed by atoms with Crippen molar-refractivity contribution in [1.29, 1.82) is 0 Å². The van der Waals surface area contributed by atoms with Gasteiger partial charge in [-0.25, -0.2) is 0 Å². The Kier molecular flexibility index (Phi) is 3.87. The van der Waals surface area contributed by atoms with E-state index >= 15 is 0 Å². The van der Waals surface area contributed by atoms with Gasteiger partial charge in [0.15, 0.2) is 0 Å². The molecule has 0 bridgehead atoms. The van der Waals surface area contributed by atoms with E-state index in [9.17, 15) is 0 Å². The number of nitrogens with one attached hydrogen (secondary N) is 2. The van der Waals surface area contributed by atoms with E-state index in [1.165, 1.54) is 22.0 Å². The van der Waals surface area contributed by atoms with Gasteiger partial charge in [-0.1, -0.05) is 40.2 Å². The summed E-state index contributed by atoms with van der Waals surface area (Å²) in [7, 11) is 0. The summed E-state index contributed by atoms with van der Waals surface area (Å²) < 4.78 is 1.11. The quantitative estimate of drug-likeness (QED) is 0.689. The molecule has 1 heterocycles. The van der Waals surface area contributed by atoms with Crippen molar-refractivity contribution in [3.63, 3.8) is 0 Å². The molecule has 2 nitrogen and oxygen atoms in total. The molecule has 0 aliphatic carbocycles. The summed E-state index contributed by atoms with van der Waals surface area (Å²) in [6.07, 6.45) is 1.99. The van der Waals surface area contributed by atoms with Gasteiger partial charge in [0.1, 0.15) is 0 Å². The maximum absolute atomic E-state index is 3.66. The van der Waals surface area contributed by atoms with E-state index in [0.717, 1.165) is 11.0 Å². The highest BCUT2D eigenvalue weighted by Gasteiger charge is 2.19. The summed E-state index contributed by atoms with van der Waals surface area (Å²) in [4.78, 5) is 3.26. The van der Waals surface area contributed by atoms with E-state index in [-0.39, 0.29) is 5.54 Å². The van der Waals surface area contributed by atoms with E-state index in [0.29, 0.717) is 0 Å². The molecule has 0 aliphatic heterocycles. The Morgan fingerprint density at radius 1 is 1.05 bits per heavy atom. The maximum atomic E-state index is 3.66. The number of aromatic amines is 1. The first kappa shape index (κ1) is 14.4. The molecule has 0 atom stereocenters. The molecule has 0 amide bonds. The Bertz CT molecular complexity index is 741. The third-order valence-corrected chi connectivity index (χ3v) is 4.50. The summed E-state index contributed by atoms with van der Waals surface area (Å²) in [5.74, 6) is 0. The lowest BCUT2D eigenvalue weighted by atomic mass is 9.94. The molecule has 0 saturated carbocycles. The standard InChI is InChI=1S/C18H19BrN2/c1-18(2,14-6-8-15(19)9-7-14)21-12-13-4-3-5-17-16(13)10-11-20-17/h3-11,20-21H,12H2,1-2H3. The monoisotopic (exact) mass is 342 g/mol. The van der Waals surface area contributed by atoms with Crippen LogP contribution in [0.5, 0.6) is 0 Å². The molecule has 0 saturated heterocycles. The van der Waals surface area contributed by atoms with Gasteiger partial charge in [0.05, 0.1) is 0 Å². The van der Waals surface area contributed by atoms with Gasteiger partial charge in [0.2, 0.25) is 0 Å². The minimum Gasteiger partial charge on any atom is -0.361 e. The second-order valence-electron chi connectivity index (χ2n) is 5.84. The van der Waals surface area contributed by atoms with Crippen molar-refractivity contribution in [2.24, 2.45) is 0 Å². The predicted molar refractivity (Wildman–Crippen MR) is 92.3 cm³/mol. The highest BCUT2D eigenvalue weighted by molar-refractivity contribution is 9.10. The largest absolute Gasteiger partial charge is 0.361 e. The topological polar surface area (TPSA) is 27.8 Å². The number of H-pyrrole nitrogens is 1. The summed E-state index contributed by atoms with van der Waals surface area (Å²) in [5.41, 5.74) is 3.72. The van der Waals surface area contributed by atoms with Crippen molar-refractivity contribution >= 4 is 26.8 Å². The van der Waals surface area contributed by atoms with E-state index in [1.54, 1.807) is 0 Å². The third-order valence-electron chi connectivity index (χ3n) is 3.97. The van der Waals surface area contributed by atoms with Crippen molar-refractivity contribution in [2.75, 3.05) is 0 Å². The summed E-state index contributed by atoms with van der Waals surface area (Å²) in [6, 6.07) is 17.0. The first-order valence-corrected chi connectivity index (χ1v) is 7.92. The fraction of sp³-hybridized carbons (Fsp3) is 0.222. The normalized spacial score (nSPS) is 12.0. The Labute approximate surface area is 133 Å². The minimum atomic E-state index is -0.0703. The van der Waals surface area contributed by atoms with Crippen LogP contribution in [0, 0.1) is 0 Å². The van der Waals surface area contributed by atoms with Crippen LogP contribution in [0.15, 0.2) is 59.2 Å². The minimum absolute atomic E-state index is 0.0703. The number of fused-ring (bicyclic) bond motifs is 1. The Morgan fingerprint density at radius 2 is 1.81 bits per heavy atom. The van der Waals surface area contributed by atoms with E-state index in [4.69, 9.17) is 0 Å². The number of hydrogen-bond acceptors (Lipinski definition) is 1. The van der Waals surface area contributed by atoms with Gasteiger partial charge in [-0.2, -0.15) is 0 Å². The van der Waals surface area contributed by atoms with Gasteiger partial charge in [0, 0.05) is 33.7 Å². The maximum Gasteiger partial charge on any atom is 0.0457 e. The summed E-state index contributed by atoms with van der Waals surface area (Å²) in [5, 5.41) is 4.95. The van der Waals surface area contributed by atoms with E-state index < -0.39 is 0 Å².